The quantitative estimate of drug-likeness (QED) is 0.628. The number of hydroxylamine groups is 2. The first kappa shape index (κ1) is 23.7. The summed E-state index contributed by atoms with van der Waals surface area (Å²) in [5.41, 5.74) is -2.33. The normalized spacial score (nSPS) is 47.7. The number of nitrogens with zero attached hydrogens (tertiary/aromatic N) is 1. The van der Waals surface area contributed by atoms with Crippen LogP contribution < -0.4 is 0 Å². The predicted molar refractivity (Wildman–Crippen MR) is 117 cm³/mol. The van der Waals surface area contributed by atoms with Crippen molar-refractivity contribution in [1.82, 2.24) is 5.06 Å². The summed E-state index contributed by atoms with van der Waals surface area (Å²) >= 11 is 0. The third-order valence-corrected chi connectivity index (χ3v) is 9.32. The van der Waals surface area contributed by atoms with Gasteiger partial charge in [0, 0.05) is 30.3 Å². The topological polar surface area (TPSA) is 87.1 Å². The Kier molecular flexibility index (Phi) is 5.81. The van der Waals surface area contributed by atoms with Crippen LogP contribution in [0.3, 0.4) is 0 Å². The van der Waals surface area contributed by atoms with E-state index >= 15 is 4.39 Å². The summed E-state index contributed by atoms with van der Waals surface area (Å²) in [4.78, 5) is 31.6. The second kappa shape index (κ2) is 7.83. The van der Waals surface area contributed by atoms with Gasteiger partial charge < -0.3 is 10.2 Å². The molecule has 3 saturated carbocycles. The van der Waals surface area contributed by atoms with Crippen LogP contribution in [0.5, 0.6) is 0 Å². The van der Waals surface area contributed by atoms with Gasteiger partial charge >= 0.3 is 0 Å². The Labute approximate surface area is 189 Å². The fourth-order valence-electron chi connectivity index (χ4n) is 7.92. The monoisotopic (exact) mass is 449 g/mol. The minimum atomic E-state index is -1.29. The van der Waals surface area contributed by atoms with Crippen molar-refractivity contribution in [3.63, 3.8) is 0 Å². The molecule has 178 valence electrons. The zero-order valence-corrected chi connectivity index (χ0v) is 19.7. The molecule has 4 aliphatic carbocycles. The number of aliphatic hydroxyl groups excluding tert-OH is 2. The average Bonchev–Trinajstić information content (AvgIpc) is 2.95. The molecule has 0 aliphatic heterocycles. The molecule has 0 aromatic heterocycles. The summed E-state index contributed by atoms with van der Waals surface area (Å²) in [6, 6.07) is 0. The van der Waals surface area contributed by atoms with E-state index in [0.717, 1.165) is 0 Å². The molecule has 0 aromatic carbocycles. The molecule has 0 heterocycles. The van der Waals surface area contributed by atoms with Crippen LogP contribution in [-0.4, -0.2) is 64.9 Å². The highest BCUT2D eigenvalue weighted by atomic mass is 19.1. The van der Waals surface area contributed by atoms with Crippen LogP contribution in [0.1, 0.15) is 47.0 Å². The van der Waals surface area contributed by atoms with E-state index in [1.807, 2.05) is 27.7 Å². The number of carbonyl (C=O) groups excluding carboxylic acids is 2. The summed E-state index contributed by atoms with van der Waals surface area (Å²) in [6.45, 7) is 7.68. The summed E-state index contributed by atoms with van der Waals surface area (Å²) < 4.78 is 15.5. The van der Waals surface area contributed by atoms with E-state index in [-0.39, 0.29) is 41.7 Å². The maximum absolute atomic E-state index is 15.5. The number of carbonyl (C=O) groups is 2. The maximum Gasteiger partial charge on any atom is 0.192 e. The van der Waals surface area contributed by atoms with E-state index in [0.29, 0.717) is 25.0 Å². The minimum absolute atomic E-state index is 0.0608. The molecule has 0 spiro atoms. The van der Waals surface area contributed by atoms with Crippen molar-refractivity contribution < 1.29 is 29.0 Å². The van der Waals surface area contributed by atoms with Gasteiger partial charge in [-0.05, 0) is 54.7 Å². The van der Waals surface area contributed by atoms with Gasteiger partial charge in [0.15, 0.2) is 17.2 Å². The Morgan fingerprint density at radius 1 is 1.34 bits per heavy atom. The molecule has 0 saturated heterocycles. The molecule has 7 heteroatoms. The lowest BCUT2D eigenvalue weighted by Gasteiger charge is -2.60. The zero-order chi connectivity index (χ0) is 23.6. The van der Waals surface area contributed by atoms with Crippen molar-refractivity contribution in [1.29, 1.82) is 0 Å². The van der Waals surface area contributed by atoms with Crippen molar-refractivity contribution in [3.05, 3.63) is 23.8 Å². The van der Waals surface area contributed by atoms with Crippen LogP contribution in [-0.2, 0) is 14.4 Å². The number of alkyl halides is 1. The third-order valence-electron chi connectivity index (χ3n) is 9.32. The standard InChI is InChI=1S/C25H36FNO5/c1-6-27(5)32-25(21(31)13-28)14(2)9-17-16-11-19(26)18-10-15(29)7-8-23(18,3)22(16)20(30)12-24(17,25)4/h7-8,10,14,16-17,19-20,22,28,30H,6,9,11-13H2,1-5H3/t14-,16?,17?,19+,20?,22?,23?,24?,25+/m1/s1. The molecule has 3 fully saturated rings. The Hall–Kier alpha value is -1.41. The van der Waals surface area contributed by atoms with E-state index in [2.05, 4.69) is 0 Å². The number of Topliss-reactive ketones (excluding diaryl/α,β-unsaturated/α-hetero) is 1. The molecule has 0 radical (unpaired) electrons. The highest BCUT2D eigenvalue weighted by Gasteiger charge is 2.72. The van der Waals surface area contributed by atoms with Gasteiger partial charge in [0.05, 0.1) is 6.10 Å². The molecule has 2 N–H and O–H groups in total. The molecule has 32 heavy (non-hydrogen) atoms. The highest BCUT2D eigenvalue weighted by Crippen LogP contribution is 2.69. The van der Waals surface area contributed by atoms with E-state index < -0.39 is 35.3 Å². The molecule has 6 nitrogen and oxygen atoms in total. The Morgan fingerprint density at radius 2 is 2.03 bits per heavy atom. The van der Waals surface area contributed by atoms with Crippen molar-refractivity contribution in [2.75, 3.05) is 20.2 Å². The molecule has 6 unspecified atom stereocenters. The first-order valence-corrected chi connectivity index (χ1v) is 11.8. The zero-order valence-electron chi connectivity index (χ0n) is 19.7. The number of halogens is 1. The number of rotatable bonds is 5. The van der Waals surface area contributed by atoms with Crippen molar-refractivity contribution in [2.24, 2.45) is 34.5 Å². The molecule has 4 rings (SSSR count). The van der Waals surface area contributed by atoms with E-state index in [1.54, 1.807) is 18.2 Å². The largest absolute Gasteiger partial charge is 0.393 e. The van der Waals surface area contributed by atoms with Gasteiger partial charge in [0.1, 0.15) is 12.8 Å². The van der Waals surface area contributed by atoms with E-state index in [9.17, 15) is 19.8 Å². The van der Waals surface area contributed by atoms with Crippen LogP contribution in [0.2, 0.25) is 0 Å². The van der Waals surface area contributed by atoms with Crippen molar-refractivity contribution in [3.8, 4) is 0 Å². The van der Waals surface area contributed by atoms with Gasteiger partial charge in [-0.25, -0.2) is 4.39 Å². The van der Waals surface area contributed by atoms with Gasteiger partial charge in [-0.15, -0.1) is 0 Å². The Balaban J connectivity index is 1.82. The highest BCUT2D eigenvalue weighted by molar-refractivity contribution is 6.01. The van der Waals surface area contributed by atoms with Crippen LogP contribution in [0.4, 0.5) is 4.39 Å². The minimum Gasteiger partial charge on any atom is -0.393 e. The molecule has 0 aromatic rings. The molecular weight excluding hydrogens is 413 g/mol. The van der Waals surface area contributed by atoms with Gasteiger partial charge in [0.2, 0.25) is 0 Å². The van der Waals surface area contributed by atoms with Gasteiger partial charge in [0.25, 0.3) is 0 Å². The van der Waals surface area contributed by atoms with Gasteiger partial charge in [-0.1, -0.05) is 33.8 Å². The second-order valence-electron chi connectivity index (χ2n) is 10.8. The van der Waals surface area contributed by atoms with Crippen molar-refractivity contribution in [2.45, 2.75) is 64.8 Å². The summed E-state index contributed by atoms with van der Waals surface area (Å²) in [7, 11) is 1.76. The van der Waals surface area contributed by atoms with E-state index in [4.69, 9.17) is 4.84 Å². The fourth-order valence-corrected chi connectivity index (χ4v) is 7.92. The van der Waals surface area contributed by atoms with E-state index in [1.165, 1.54) is 12.2 Å². The molecule has 4 aliphatic rings. The smallest absolute Gasteiger partial charge is 0.192 e. The SMILES string of the molecule is CCN(C)O[C@]1(C(=O)CO)[C@H](C)CC2C3C[C@H](F)C4=CC(=O)C=CC4(C)C3C(O)CC21C. The first-order valence-electron chi connectivity index (χ1n) is 11.8. The molecular formula is C25H36FNO5. The van der Waals surface area contributed by atoms with Gasteiger partial charge in [-0.2, -0.15) is 5.06 Å². The predicted octanol–water partition coefficient (Wildman–Crippen LogP) is 2.64. The third kappa shape index (κ3) is 2.97. The summed E-state index contributed by atoms with van der Waals surface area (Å²) in [5, 5.41) is 23.1. The lowest BCUT2D eigenvalue weighted by Crippen LogP contribution is -2.65. The number of fused-ring (bicyclic) bond motifs is 5. The molecule has 0 amide bonds. The van der Waals surface area contributed by atoms with Crippen LogP contribution in [0.25, 0.3) is 0 Å². The summed E-state index contributed by atoms with van der Waals surface area (Å²) in [6.07, 6.45) is 3.75. The molecule has 9 atom stereocenters. The first-order chi connectivity index (χ1) is 15.0. The lowest BCUT2D eigenvalue weighted by molar-refractivity contribution is -0.282. The summed E-state index contributed by atoms with van der Waals surface area (Å²) in [5.74, 6) is -1.29. The number of hydrogen-bond acceptors (Lipinski definition) is 6. The Bertz CT molecular complexity index is 872. The number of allylic oxidation sites excluding steroid dienone is 4. The second-order valence-corrected chi connectivity index (χ2v) is 10.8. The number of ketones is 2. The maximum atomic E-state index is 15.5. The van der Waals surface area contributed by atoms with Crippen LogP contribution in [0, 0.1) is 34.5 Å². The van der Waals surface area contributed by atoms with Crippen LogP contribution >= 0.6 is 0 Å². The fraction of sp³-hybridized carbons (Fsp3) is 0.760. The number of hydrogen-bond donors (Lipinski definition) is 2. The average molecular weight is 450 g/mol. The lowest BCUT2D eigenvalue weighted by atomic mass is 9.46. The van der Waals surface area contributed by atoms with Crippen molar-refractivity contribution >= 4 is 11.6 Å². The Morgan fingerprint density at radius 3 is 2.66 bits per heavy atom. The van der Waals surface area contributed by atoms with Gasteiger partial charge in [-0.3, -0.25) is 14.4 Å². The number of aliphatic hydroxyl groups is 2. The van der Waals surface area contributed by atoms with Crippen LogP contribution in [0.15, 0.2) is 23.8 Å². The molecule has 0 bridgehead atoms.